The Labute approximate surface area is 131 Å². The Morgan fingerprint density at radius 3 is 2.22 bits per heavy atom. The van der Waals surface area contributed by atoms with Crippen LogP contribution in [0.4, 0.5) is 13.2 Å². The van der Waals surface area contributed by atoms with Crippen LogP contribution in [-0.4, -0.2) is 9.78 Å². The van der Waals surface area contributed by atoms with Crippen LogP contribution in [0.25, 0.3) is 11.1 Å². The quantitative estimate of drug-likeness (QED) is 0.636. The minimum atomic E-state index is -0.965. The number of rotatable bonds is 4. The number of nitrogens with zero attached hydrogens (tertiary/aromatic N) is 2. The first-order valence-corrected chi connectivity index (χ1v) is 6.96. The Morgan fingerprint density at radius 1 is 0.957 bits per heavy atom. The van der Waals surface area contributed by atoms with E-state index in [1.165, 1.54) is 12.1 Å². The lowest BCUT2D eigenvalue weighted by atomic mass is 10.00. The van der Waals surface area contributed by atoms with Gasteiger partial charge in [-0.1, -0.05) is 24.3 Å². The molecule has 3 aromatic rings. The Balaban J connectivity index is 2.00. The SMILES string of the molecule is C=CC(c1ccc(-c2ccc(F)c(F)c2)cc1F)n1cccn1. The summed E-state index contributed by atoms with van der Waals surface area (Å²) in [4.78, 5) is 0. The standard InChI is InChI=1S/C18H13F3N2/c1-2-18(23-9-3-8-22-23)14-6-4-12(10-16(14)20)13-5-7-15(19)17(21)11-13/h2-11,18H,1H2. The van der Waals surface area contributed by atoms with Gasteiger partial charge in [-0.05, 0) is 35.4 Å². The summed E-state index contributed by atoms with van der Waals surface area (Å²) in [6, 6.07) is 9.32. The Morgan fingerprint density at radius 2 is 1.65 bits per heavy atom. The Hall–Kier alpha value is -2.82. The molecule has 0 N–H and O–H groups in total. The van der Waals surface area contributed by atoms with Crippen LogP contribution in [-0.2, 0) is 0 Å². The number of allylic oxidation sites excluding steroid dienone is 1. The summed E-state index contributed by atoms with van der Waals surface area (Å²) in [7, 11) is 0. The predicted molar refractivity (Wildman–Crippen MR) is 82.3 cm³/mol. The molecule has 0 amide bonds. The molecule has 0 fully saturated rings. The molecule has 0 aliphatic heterocycles. The van der Waals surface area contributed by atoms with E-state index in [1.807, 2.05) is 0 Å². The molecule has 3 rings (SSSR count). The average Bonchev–Trinajstić information content (AvgIpc) is 3.06. The van der Waals surface area contributed by atoms with Gasteiger partial charge in [0.2, 0.25) is 0 Å². The van der Waals surface area contributed by atoms with E-state index in [4.69, 9.17) is 0 Å². The van der Waals surface area contributed by atoms with E-state index in [9.17, 15) is 13.2 Å². The summed E-state index contributed by atoms with van der Waals surface area (Å²) in [5.41, 5.74) is 1.27. The van der Waals surface area contributed by atoms with Crippen molar-refractivity contribution in [3.63, 3.8) is 0 Å². The minimum Gasteiger partial charge on any atom is -0.261 e. The van der Waals surface area contributed by atoms with Crippen molar-refractivity contribution >= 4 is 0 Å². The van der Waals surface area contributed by atoms with Crippen LogP contribution >= 0.6 is 0 Å². The summed E-state index contributed by atoms with van der Waals surface area (Å²) in [5.74, 6) is -2.36. The van der Waals surface area contributed by atoms with Crippen LogP contribution in [0.15, 0.2) is 67.5 Å². The van der Waals surface area contributed by atoms with Gasteiger partial charge in [0.1, 0.15) is 5.82 Å². The molecule has 0 spiro atoms. The lowest BCUT2D eigenvalue weighted by molar-refractivity contribution is 0.509. The Kier molecular flexibility index (Phi) is 4.02. The molecule has 116 valence electrons. The van der Waals surface area contributed by atoms with Gasteiger partial charge in [-0.25, -0.2) is 13.2 Å². The van der Waals surface area contributed by atoms with Crippen molar-refractivity contribution in [3.8, 4) is 11.1 Å². The third-order valence-corrected chi connectivity index (χ3v) is 3.61. The second-order valence-corrected chi connectivity index (χ2v) is 5.03. The highest BCUT2D eigenvalue weighted by atomic mass is 19.2. The van der Waals surface area contributed by atoms with Gasteiger partial charge < -0.3 is 0 Å². The summed E-state index contributed by atoms with van der Waals surface area (Å²) < 4.78 is 42.4. The van der Waals surface area contributed by atoms with Crippen LogP contribution in [0.1, 0.15) is 11.6 Å². The van der Waals surface area contributed by atoms with Gasteiger partial charge in [0.25, 0.3) is 0 Å². The smallest absolute Gasteiger partial charge is 0.159 e. The maximum Gasteiger partial charge on any atom is 0.159 e. The summed E-state index contributed by atoms with van der Waals surface area (Å²) in [6.45, 7) is 3.72. The first-order valence-electron chi connectivity index (χ1n) is 6.96. The number of benzene rings is 2. The van der Waals surface area contributed by atoms with E-state index >= 15 is 0 Å². The molecule has 2 nitrogen and oxygen atoms in total. The molecule has 1 unspecified atom stereocenters. The Bertz CT molecular complexity index is 841. The fourth-order valence-electron chi connectivity index (χ4n) is 2.44. The summed E-state index contributed by atoms with van der Waals surface area (Å²) in [5, 5.41) is 4.09. The van der Waals surface area contributed by atoms with Crippen molar-refractivity contribution < 1.29 is 13.2 Å². The van der Waals surface area contributed by atoms with Gasteiger partial charge in [0, 0.05) is 18.0 Å². The number of hydrogen-bond donors (Lipinski definition) is 0. The molecule has 1 heterocycles. The van der Waals surface area contributed by atoms with Crippen LogP contribution < -0.4 is 0 Å². The normalized spacial score (nSPS) is 12.1. The number of halogens is 3. The fourth-order valence-corrected chi connectivity index (χ4v) is 2.44. The molecule has 1 atom stereocenters. The van der Waals surface area contributed by atoms with Gasteiger partial charge in [-0.3, -0.25) is 4.68 Å². The zero-order valence-electron chi connectivity index (χ0n) is 12.1. The first kappa shape index (κ1) is 15.1. The molecule has 0 saturated heterocycles. The van der Waals surface area contributed by atoms with Gasteiger partial charge in [-0.15, -0.1) is 6.58 Å². The zero-order chi connectivity index (χ0) is 16.4. The predicted octanol–water partition coefficient (Wildman–Crippen LogP) is 4.74. The van der Waals surface area contributed by atoms with Crippen molar-refractivity contribution in [2.75, 3.05) is 0 Å². The van der Waals surface area contributed by atoms with Crippen LogP contribution in [0.5, 0.6) is 0 Å². The molecular weight excluding hydrogens is 301 g/mol. The van der Waals surface area contributed by atoms with E-state index < -0.39 is 23.5 Å². The monoisotopic (exact) mass is 314 g/mol. The summed E-state index contributed by atoms with van der Waals surface area (Å²) in [6.07, 6.45) is 4.90. The van der Waals surface area contributed by atoms with Gasteiger partial charge in [0.05, 0.1) is 6.04 Å². The molecule has 1 aromatic heterocycles. The van der Waals surface area contributed by atoms with Gasteiger partial charge in [0.15, 0.2) is 11.6 Å². The third kappa shape index (κ3) is 2.90. The number of hydrogen-bond acceptors (Lipinski definition) is 1. The third-order valence-electron chi connectivity index (χ3n) is 3.61. The average molecular weight is 314 g/mol. The molecule has 5 heteroatoms. The highest BCUT2D eigenvalue weighted by molar-refractivity contribution is 5.64. The van der Waals surface area contributed by atoms with Crippen molar-refractivity contribution in [1.82, 2.24) is 9.78 Å². The van der Waals surface area contributed by atoms with Crippen molar-refractivity contribution in [2.45, 2.75) is 6.04 Å². The first-order chi connectivity index (χ1) is 11.1. The van der Waals surface area contributed by atoms with Crippen molar-refractivity contribution in [3.05, 3.63) is 90.5 Å². The van der Waals surface area contributed by atoms with Gasteiger partial charge >= 0.3 is 0 Å². The second-order valence-electron chi connectivity index (χ2n) is 5.03. The van der Waals surface area contributed by atoms with E-state index in [-0.39, 0.29) is 0 Å². The molecule has 23 heavy (non-hydrogen) atoms. The lowest BCUT2D eigenvalue weighted by Gasteiger charge is -2.15. The van der Waals surface area contributed by atoms with Gasteiger partial charge in [-0.2, -0.15) is 5.10 Å². The highest BCUT2D eigenvalue weighted by Crippen LogP contribution is 2.28. The van der Waals surface area contributed by atoms with Crippen molar-refractivity contribution in [2.24, 2.45) is 0 Å². The number of aromatic nitrogens is 2. The van der Waals surface area contributed by atoms with E-state index in [0.717, 1.165) is 12.1 Å². The molecular formula is C18H13F3N2. The zero-order valence-corrected chi connectivity index (χ0v) is 12.1. The second kappa shape index (κ2) is 6.12. The molecule has 0 aliphatic rings. The van der Waals surface area contributed by atoms with E-state index in [2.05, 4.69) is 11.7 Å². The molecule has 0 bridgehead atoms. The van der Waals surface area contributed by atoms with E-state index in [0.29, 0.717) is 16.7 Å². The maximum absolute atomic E-state index is 14.5. The minimum absolute atomic E-state index is 0.398. The molecule has 0 saturated carbocycles. The molecule has 0 radical (unpaired) electrons. The van der Waals surface area contributed by atoms with E-state index in [1.54, 1.807) is 41.4 Å². The molecule has 2 aromatic carbocycles. The van der Waals surface area contributed by atoms with Crippen LogP contribution in [0.2, 0.25) is 0 Å². The topological polar surface area (TPSA) is 17.8 Å². The summed E-state index contributed by atoms with van der Waals surface area (Å²) >= 11 is 0. The highest BCUT2D eigenvalue weighted by Gasteiger charge is 2.16. The van der Waals surface area contributed by atoms with Crippen molar-refractivity contribution in [1.29, 1.82) is 0 Å². The maximum atomic E-state index is 14.5. The fraction of sp³-hybridized carbons (Fsp3) is 0.0556. The largest absolute Gasteiger partial charge is 0.261 e. The van der Waals surface area contributed by atoms with Crippen LogP contribution in [0.3, 0.4) is 0 Å². The molecule has 0 aliphatic carbocycles. The van der Waals surface area contributed by atoms with Crippen LogP contribution in [0, 0.1) is 17.5 Å². The lowest BCUT2D eigenvalue weighted by Crippen LogP contribution is -2.10.